The van der Waals surface area contributed by atoms with Crippen LogP contribution in [0.25, 0.3) is 6.08 Å². The number of phenolic OH excluding ortho intramolecular Hbond substituents is 1. The van der Waals surface area contributed by atoms with Gasteiger partial charge in [-0.2, -0.15) is 0 Å². The van der Waals surface area contributed by atoms with Crippen molar-refractivity contribution in [1.82, 2.24) is 0 Å². The van der Waals surface area contributed by atoms with Gasteiger partial charge in [-0.3, -0.25) is 4.79 Å². The van der Waals surface area contributed by atoms with Gasteiger partial charge >= 0.3 is 0 Å². The van der Waals surface area contributed by atoms with Gasteiger partial charge in [-0.25, -0.2) is 0 Å². The van der Waals surface area contributed by atoms with Gasteiger partial charge in [0, 0.05) is 30.9 Å². The van der Waals surface area contributed by atoms with E-state index in [2.05, 4.69) is 0 Å². The maximum Gasteiger partial charge on any atom is 0.185 e. The number of allylic oxidation sites excluding steroid dienone is 1. The van der Waals surface area contributed by atoms with Crippen molar-refractivity contribution in [3.8, 4) is 5.75 Å². The number of hydrogen-bond acceptors (Lipinski definition) is 3. The Bertz CT molecular complexity index is 628. The van der Waals surface area contributed by atoms with Gasteiger partial charge in [0.2, 0.25) is 0 Å². The summed E-state index contributed by atoms with van der Waals surface area (Å²) in [6, 6.07) is 14.3. The largest absolute Gasteiger partial charge is 0.507 e. The topological polar surface area (TPSA) is 40.5 Å². The fourth-order valence-corrected chi connectivity index (χ4v) is 1.81. The molecule has 2 aromatic rings. The molecule has 0 aliphatic carbocycles. The number of rotatable bonds is 4. The van der Waals surface area contributed by atoms with Gasteiger partial charge in [-0.05, 0) is 42.5 Å². The molecule has 102 valence electrons. The molecule has 0 radical (unpaired) electrons. The van der Waals surface area contributed by atoms with Gasteiger partial charge in [-0.1, -0.05) is 18.2 Å². The molecule has 3 nitrogen and oxygen atoms in total. The lowest BCUT2D eigenvalue weighted by molar-refractivity contribution is 0.104. The first kappa shape index (κ1) is 13.9. The van der Waals surface area contributed by atoms with E-state index in [1.807, 2.05) is 37.2 Å². The first-order chi connectivity index (χ1) is 9.58. The highest BCUT2D eigenvalue weighted by Crippen LogP contribution is 2.18. The Balaban J connectivity index is 2.14. The molecule has 0 heterocycles. The van der Waals surface area contributed by atoms with E-state index in [0.717, 1.165) is 5.69 Å². The smallest absolute Gasteiger partial charge is 0.185 e. The molecule has 0 aliphatic rings. The Morgan fingerprint density at radius 3 is 2.30 bits per heavy atom. The third-order valence-electron chi connectivity index (χ3n) is 3.02. The van der Waals surface area contributed by atoms with Gasteiger partial charge in [0.1, 0.15) is 5.75 Å². The number of carbonyl (C=O) groups is 1. The molecule has 2 aromatic carbocycles. The Labute approximate surface area is 118 Å². The second-order valence-electron chi connectivity index (χ2n) is 4.70. The second-order valence-corrected chi connectivity index (χ2v) is 4.70. The molecule has 1 N–H and O–H groups in total. The maximum absolute atomic E-state index is 12.0. The normalized spacial score (nSPS) is 10.7. The lowest BCUT2D eigenvalue weighted by Gasteiger charge is -2.11. The zero-order chi connectivity index (χ0) is 14.5. The van der Waals surface area contributed by atoms with Crippen LogP contribution in [-0.2, 0) is 0 Å². The lowest BCUT2D eigenvalue weighted by Crippen LogP contribution is -2.08. The minimum Gasteiger partial charge on any atom is -0.507 e. The van der Waals surface area contributed by atoms with Crippen molar-refractivity contribution < 1.29 is 9.90 Å². The molecule has 0 bridgehead atoms. The lowest BCUT2D eigenvalue weighted by atomic mass is 10.1. The summed E-state index contributed by atoms with van der Waals surface area (Å²) in [6.45, 7) is 0. The van der Waals surface area contributed by atoms with E-state index >= 15 is 0 Å². The minimum absolute atomic E-state index is 0.0847. The van der Waals surface area contributed by atoms with Crippen molar-refractivity contribution in [1.29, 1.82) is 0 Å². The van der Waals surface area contributed by atoms with E-state index in [1.54, 1.807) is 36.4 Å². The summed E-state index contributed by atoms with van der Waals surface area (Å²) in [7, 11) is 3.91. The van der Waals surface area contributed by atoms with E-state index in [0.29, 0.717) is 11.1 Å². The standard InChI is InChI=1S/C17H17NO2/c1-18(2)15-10-7-14(8-11-15)17(20)12-9-13-5-3-4-6-16(13)19/h3-12,19H,1-2H3. The van der Waals surface area contributed by atoms with Crippen LogP contribution in [0.3, 0.4) is 0 Å². The predicted octanol–water partition coefficient (Wildman–Crippen LogP) is 3.35. The number of ketones is 1. The number of hydrogen-bond donors (Lipinski definition) is 1. The van der Waals surface area contributed by atoms with Gasteiger partial charge < -0.3 is 10.0 Å². The highest BCUT2D eigenvalue weighted by atomic mass is 16.3. The number of nitrogens with zero attached hydrogens (tertiary/aromatic N) is 1. The van der Waals surface area contributed by atoms with Crippen molar-refractivity contribution >= 4 is 17.5 Å². The minimum atomic E-state index is -0.0847. The molecule has 0 fully saturated rings. The number of phenols is 1. The van der Waals surface area contributed by atoms with E-state index in [4.69, 9.17) is 0 Å². The first-order valence-corrected chi connectivity index (χ1v) is 6.36. The monoisotopic (exact) mass is 267 g/mol. The van der Waals surface area contributed by atoms with Crippen LogP contribution in [0.2, 0.25) is 0 Å². The highest BCUT2D eigenvalue weighted by molar-refractivity contribution is 6.07. The van der Waals surface area contributed by atoms with Gasteiger partial charge in [-0.15, -0.1) is 0 Å². The highest BCUT2D eigenvalue weighted by Gasteiger charge is 2.03. The van der Waals surface area contributed by atoms with Gasteiger partial charge in [0.15, 0.2) is 5.78 Å². The average molecular weight is 267 g/mol. The fourth-order valence-electron chi connectivity index (χ4n) is 1.81. The Morgan fingerprint density at radius 1 is 1.05 bits per heavy atom. The van der Waals surface area contributed by atoms with Crippen LogP contribution in [0.15, 0.2) is 54.6 Å². The van der Waals surface area contributed by atoms with Crippen molar-refractivity contribution in [3.63, 3.8) is 0 Å². The van der Waals surface area contributed by atoms with Crippen molar-refractivity contribution in [3.05, 3.63) is 65.7 Å². The molecule has 2 rings (SSSR count). The van der Waals surface area contributed by atoms with E-state index in [1.165, 1.54) is 6.08 Å². The van der Waals surface area contributed by atoms with Crippen LogP contribution in [-0.4, -0.2) is 25.0 Å². The van der Waals surface area contributed by atoms with Crippen molar-refractivity contribution in [2.24, 2.45) is 0 Å². The summed E-state index contributed by atoms with van der Waals surface area (Å²) in [4.78, 5) is 14.0. The van der Waals surface area contributed by atoms with Crippen LogP contribution in [0.5, 0.6) is 5.75 Å². The van der Waals surface area contributed by atoms with E-state index in [9.17, 15) is 9.90 Å². The summed E-state index contributed by atoms with van der Waals surface area (Å²) in [5, 5.41) is 9.62. The first-order valence-electron chi connectivity index (χ1n) is 6.36. The Morgan fingerprint density at radius 2 is 1.70 bits per heavy atom. The molecule has 0 saturated heterocycles. The molecule has 0 unspecified atom stereocenters. The van der Waals surface area contributed by atoms with Crippen LogP contribution in [0.1, 0.15) is 15.9 Å². The SMILES string of the molecule is CN(C)c1ccc(C(=O)C=Cc2ccccc2O)cc1. The molecular weight excluding hydrogens is 250 g/mol. The summed E-state index contributed by atoms with van der Waals surface area (Å²) >= 11 is 0. The molecule has 0 aliphatic heterocycles. The molecule has 0 atom stereocenters. The quantitative estimate of drug-likeness (QED) is 0.682. The average Bonchev–Trinajstić information content (AvgIpc) is 2.46. The molecular formula is C17H17NO2. The van der Waals surface area contributed by atoms with Gasteiger partial charge in [0.05, 0.1) is 0 Å². The molecule has 0 amide bonds. The summed E-state index contributed by atoms with van der Waals surface area (Å²) in [5.74, 6) is 0.0815. The van der Waals surface area contributed by atoms with Crippen LogP contribution >= 0.6 is 0 Å². The number of para-hydroxylation sites is 1. The van der Waals surface area contributed by atoms with Crippen LogP contribution in [0, 0.1) is 0 Å². The van der Waals surface area contributed by atoms with Crippen LogP contribution < -0.4 is 4.90 Å². The van der Waals surface area contributed by atoms with Crippen molar-refractivity contribution in [2.45, 2.75) is 0 Å². The van der Waals surface area contributed by atoms with Gasteiger partial charge in [0.25, 0.3) is 0 Å². The van der Waals surface area contributed by atoms with E-state index in [-0.39, 0.29) is 11.5 Å². The van der Waals surface area contributed by atoms with Crippen LogP contribution in [0.4, 0.5) is 5.69 Å². The predicted molar refractivity (Wildman–Crippen MR) is 82.2 cm³/mol. The van der Waals surface area contributed by atoms with E-state index < -0.39 is 0 Å². The zero-order valence-electron chi connectivity index (χ0n) is 11.6. The molecule has 0 saturated carbocycles. The third-order valence-corrected chi connectivity index (χ3v) is 3.02. The number of aromatic hydroxyl groups is 1. The molecule has 3 heteroatoms. The number of anilines is 1. The fraction of sp³-hybridized carbons (Fsp3) is 0.118. The summed E-state index contributed by atoms with van der Waals surface area (Å²) in [6.07, 6.45) is 3.09. The third kappa shape index (κ3) is 3.26. The number of carbonyl (C=O) groups excluding carboxylic acids is 1. The molecule has 20 heavy (non-hydrogen) atoms. The number of benzene rings is 2. The summed E-state index contributed by atoms with van der Waals surface area (Å²) in [5.41, 5.74) is 2.30. The van der Waals surface area contributed by atoms with Crippen molar-refractivity contribution in [2.75, 3.05) is 19.0 Å². The molecule has 0 spiro atoms. The Kier molecular flexibility index (Phi) is 4.20. The second kappa shape index (κ2) is 6.06. The maximum atomic E-state index is 12.0. The molecule has 0 aromatic heterocycles. The summed E-state index contributed by atoms with van der Waals surface area (Å²) < 4.78 is 0. The zero-order valence-corrected chi connectivity index (χ0v) is 11.6. The Hall–Kier alpha value is -2.55.